The topological polar surface area (TPSA) is 176 Å². The Bertz CT molecular complexity index is 766. The fourth-order valence-electron chi connectivity index (χ4n) is 2.38. The molecule has 1 unspecified atom stereocenters. The first kappa shape index (κ1) is 23.8. The maximum absolute atomic E-state index is 12.1. The molecule has 0 aromatic carbocycles. The Morgan fingerprint density at radius 2 is 2.16 bits per heavy atom. The van der Waals surface area contributed by atoms with Crippen LogP contribution in [0.3, 0.4) is 0 Å². The van der Waals surface area contributed by atoms with Crippen molar-refractivity contribution in [3.05, 3.63) is 11.8 Å². The second-order valence-corrected chi connectivity index (χ2v) is 6.55. The molecule has 1 aliphatic rings. The molecule has 2 rings (SSSR count). The number of aliphatic carboxylic acids is 1. The molecule has 31 heavy (non-hydrogen) atoms. The molecular formula is C18H28N6O7. The Morgan fingerprint density at radius 1 is 1.32 bits per heavy atom. The molecule has 5 N–H and O–H groups in total. The second-order valence-electron chi connectivity index (χ2n) is 6.55. The minimum Gasteiger partial charge on any atom is -0.480 e. The van der Waals surface area contributed by atoms with Gasteiger partial charge < -0.3 is 40.4 Å². The van der Waals surface area contributed by atoms with E-state index in [1.54, 1.807) is 0 Å². The lowest BCUT2D eigenvalue weighted by atomic mass is 10.3. The Labute approximate surface area is 178 Å². The fourth-order valence-corrected chi connectivity index (χ4v) is 2.38. The van der Waals surface area contributed by atoms with E-state index in [2.05, 4.69) is 31.4 Å². The summed E-state index contributed by atoms with van der Waals surface area (Å²) < 4.78 is 15.2. The van der Waals surface area contributed by atoms with E-state index in [0.717, 1.165) is 25.5 Å². The number of nitrogens with zero attached hydrogens (tertiary/aromatic N) is 2. The lowest BCUT2D eigenvalue weighted by molar-refractivity contribution is -0.139. The van der Waals surface area contributed by atoms with E-state index < -0.39 is 24.0 Å². The van der Waals surface area contributed by atoms with Crippen LogP contribution in [-0.4, -0.2) is 79.6 Å². The highest BCUT2D eigenvalue weighted by atomic mass is 16.5. The van der Waals surface area contributed by atoms with E-state index in [-0.39, 0.29) is 24.8 Å². The molecule has 1 aliphatic heterocycles. The monoisotopic (exact) mass is 440 g/mol. The zero-order valence-electron chi connectivity index (χ0n) is 17.3. The lowest BCUT2D eigenvalue weighted by Crippen LogP contribution is -2.48. The van der Waals surface area contributed by atoms with E-state index in [4.69, 9.17) is 14.0 Å². The minimum absolute atomic E-state index is 0.133. The molecule has 13 nitrogen and oxygen atoms in total. The van der Waals surface area contributed by atoms with Gasteiger partial charge in [-0.15, -0.1) is 0 Å². The molecule has 2 amide bonds. The SMILES string of the molecule is CCCCOC(=O)NC(CNC(=O)c1cc(OCCCNC2=NCCN2)no1)C(=O)O. The van der Waals surface area contributed by atoms with Crippen LogP contribution in [0.4, 0.5) is 4.79 Å². The number of aliphatic imine (C=N–C) groups is 1. The van der Waals surface area contributed by atoms with Crippen molar-refractivity contribution in [1.29, 1.82) is 0 Å². The number of unbranched alkanes of at least 4 members (excludes halogenated alkanes) is 1. The van der Waals surface area contributed by atoms with E-state index in [0.29, 0.717) is 26.0 Å². The molecule has 1 atom stereocenters. The molecule has 172 valence electrons. The van der Waals surface area contributed by atoms with Crippen LogP contribution >= 0.6 is 0 Å². The average molecular weight is 440 g/mol. The zero-order chi connectivity index (χ0) is 22.5. The number of alkyl carbamates (subject to hydrolysis) is 1. The summed E-state index contributed by atoms with van der Waals surface area (Å²) in [4.78, 5) is 39.2. The standard InChI is InChI=1S/C18H28N6O7/c1-2-3-8-30-18(28)23-12(16(26)27)11-22-15(25)13-10-14(24-31-13)29-9-4-5-19-17-20-6-7-21-17/h10,12H,2-9,11H2,1H3,(H,22,25)(H,23,28)(H,26,27)(H2,19,20,21). The van der Waals surface area contributed by atoms with Crippen LogP contribution < -0.4 is 26.0 Å². The van der Waals surface area contributed by atoms with E-state index in [1.165, 1.54) is 6.07 Å². The number of amides is 2. The van der Waals surface area contributed by atoms with Crippen LogP contribution in [0.15, 0.2) is 15.6 Å². The van der Waals surface area contributed by atoms with Gasteiger partial charge in [-0.25, -0.2) is 9.59 Å². The van der Waals surface area contributed by atoms with Gasteiger partial charge in [0.1, 0.15) is 6.04 Å². The number of carboxylic acids is 1. The van der Waals surface area contributed by atoms with Gasteiger partial charge in [-0.3, -0.25) is 9.79 Å². The molecule has 13 heteroatoms. The van der Waals surface area contributed by atoms with Crippen molar-refractivity contribution in [1.82, 2.24) is 26.4 Å². The third kappa shape index (κ3) is 8.80. The molecule has 0 fully saturated rings. The molecule has 0 radical (unpaired) electrons. The fraction of sp³-hybridized carbons (Fsp3) is 0.611. The maximum atomic E-state index is 12.1. The summed E-state index contributed by atoms with van der Waals surface area (Å²) >= 11 is 0. The number of hydrogen-bond acceptors (Lipinski definition) is 10. The highest BCUT2D eigenvalue weighted by Crippen LogP contribution is 2.11. The number of carbonyl (C=O) groups excluding carboxylic acids is 2. The number of nitrogens with one attached hydrogen (secondary N) is 4. The van der Waals surface area contributed by atoms with Crippen LogP contribution in [0.1, 0.15) is 36.7 Å². The lowest BCUT2D eigenvalue weighted by Gasteiger charge is -2.14. The van der Waals surface area contributed by atoms with Gasteiger partial charge in [0.15, 0.2) is 5.96 Å². The van der Waals surface area contributed by atoms with Crippen molar-refractivity contribution in [3.8, 4) is 5.88 Å². The third-order valence-electron chi connectivity index (χ3n) is 4.04. The van der Waals surface area contributed by atoms with Crippen molar-refractivity contribution < 1.29 is 33.5 Å². The number of carbonyl (C=O) groups is 3. The largest absolute Gasteiger partial charge is 0.480 e. The molecule has 0 spiro atoms. The number of ether oxygens (including phenoxy) is 2. The van der Waals surface area contributed by atoms with Gasteiger partial charge in [0.25, 0.3) is 11.8 Å². The number of guanidine groups is 1. The number of carboxylic acid groups (broad SMARTS) is 1. The first-order chi connectivity index (χ1) is 15.0. The first-order valence-corrected chi connectivity index (χ1v) is 10.1. The van der Waals surface area contributed by atoms with Gasteiger partial charge in [-0.1, -0.05) is 13.3 Å². The summed E-state index contributed by atoms with van der Waals surface area (Å²) in [6, 6.07) is -0.0590. The van der Waals surface area contributed by atoms with Gasteiger partial charge in [-0.05, 0) is 18.0 Å². The van der Waals surface area contributed by atoms with Crippen molar-refractivity contribution in [3.63, 3.8) is 0 Å². The normalized spacial score (nSPS) is 13.5. The maximum Gasteiger partial charge on any atom is 0.407 e. The summed E-state index contributed by atoms with van der Waals surface area (Å²) in [5, 5.41) is 23.6. The Morgan fingerprint density at radius 3 is 2.87 bits per heavy atom. The molecule has 1 aromatic rings. The van der Waals surface area contributed by atoms with E-state index >= 15 is 0 Å². The highest BCUT2D eigenvalue weighted by molar-refractivity contribution is 5.92. The van der Waals surface area contributed by atoms with Gasteiger partial charge in [0.05, 0.1) is 25.8 Å². The van der Waals surface area contributed by atoms with E-state index in [9.17, 15) is 19.5 Å². The predicted octanol–water partition coefficient (Wildman–Crippen LogP) is -0.298. The van der Waals surface area contributed by atoms with Gasteiger partial charge in [-0.2, -0.15) is 0 Å². The van der Waals surface area contributed by atoms with Crippen molar-refractivity contribution in [2.45, 2.75) is 32.2 Å². The predicted molar refractivity (Wildman–Crippen MR) is 108 cm³/mol. The van der Waals surface area contributed by atoms with E-state index in [1.807, 2.05) is 6.92 Å². The van der Waals surface area contributed by atoms with Crippen molar-refractivity contribution >= 4 is 23.9 Å². The molecule has 0 saturated carbocycles. The number of rotatable bonds is 13. The van der Waals surface area contributed by atoms with Gasteiger partial charge >= 0.3 is 12.1 Å². The van der Waals surface area contributed by atoms with Crippen molar-refractivity contribution in [2.75, 3.05) is 39.4 Å². The minimum atomic E-state index is -1.36. The zero-order valence-corrected chi connectivity index (χ0v) is 17.3. The Hall–Kier alpha value is -3.51. The summed E-state index contributed by atoms with van der Waals surface area (Å²) in [7, 11) is 0. The van der Waals surface area contributed by atoms with Crippen LogP contribution in [0.5, 0.6) is 5.88 Å². The average Bonchev–Trinajstić information content (AvgIpc) is 3.43. The number of aromatic nitrogens is 1. The van der Waals surface area contributed by atoms with Crippen LogP contribution in [0.25, 0.3) is 0 Å². The quantitative estimate of drug-likeness (QED) is 0.256. The smallest absolute Gasteiger partial charge is 0.407 e. The summed E-state index contributed by atoms with van der Waals surface area (Å²) in [5.41, 5.74) is 0. The molecule has 0 saturated heterocycles. The highest BCUT2D eigenvalue weighted by Gasteiger charge is 2.23. The first-order valence-electron chi connectivity index (χ1n) is 10.1. The molecule has 0 aliphatic carbocycles. The summed E-state index contributed by atoms with van der Waals surface area (Å²) in [6.07, 6.45) is 1.31. The molecule has 1 aromatic heterocycles. The summed E-state index contributed by atoms with van der Waals surface area (Å²) in [5.74, 6) is -1.26. The molecule has 2 heterocycles. The second kappa shape index (κ2) is 12.9. The van der Waals surface area contributed by atoms with Crippen LogP contribution in [0, 0.1) is 0 Å². The Balaban J connectivity index is 1.68. The number of hydrogen-bond donors (Lipinski definition) is 5. The van der Waals surface area contributed by atoms with Crippen molar-refractivity contribution in [2.24, 2.45) is 4.99 Å². The molecule has 0 bridgehead atoms. The van der Waals surface area contributed by atoms with Gasteiger partial charge in [0.2, 0.25) is 5.76 Å². The van der Waals surface area contributed by atoms with Crippen LogP contribution in [-0.2, 0) is 9.53 Å². The van der Waals surface area contributed by atoms with Gasteiger partial charge in [0, 0.05) is 19.6 Å². The Kier molecular flexibility index (Phi) is 9.91. The summed E-state index contributed by atoms with van der Waals surface area (Å²) in [6.45, 7) is 4.34. The third-order valence-corrected chi connectivity index (χ3v) is 4.04. The van der Waals surface area contributed by atoms with Crippen LogP contribution in [0.2, 0.25) is 0 Å². The molecular weight excluding hydrogens is 412 g/mol.